The molecule has 0 aliphatic carbocycles. The van der Waals surface area contributed by atoms with Gasteiger partial charge in [-0.05, 0) is 90.2 Å². The van der Waals surface area contributed by atoms with Crippen LogP contribution < -0.4 is 15.0 Å². The highest BCUT2D eigenvalue weighted by atomic mass is 16.5. The van der Waals surface area contributed by atoms with Gasteiger partial charge in [0.25, 0.3) is 0 Å². The standard InChI is InChI=1S/C34H36N2O3/c37-33(28-9-13-30(14-10-28)36-19-3-4-20-36)24-38-31-15-11-27(12-16-31)32-17-18-35-22-34(32)39-23-25-7-8-26-5-1-2-6-29(26)21-25/h1-2,5-16,21,32,34-35H,3-4,17-20,22-24H2/t32-,34+/m1/s1. The Kier molecular flexibility index (Phi) is 7.89. The lowest BCUT2D eigenvalue weighted by Crippen LogP contribution is -2.40. The Morgan fingerprint density at radius 3 is 2.44 bits per heavy atom. The van der Waals surface area contributed by atoms with Gasteiger partial charge in [0.15, 0.2) is 12.4 Å². The topological polar surface area (TPSA) is 50.8 Å². The molecular formula is C34H36N2O3. The molecule has 200 valence electrons. The minimum absolute atomic E-state index is 0.00689. The first-order valence-electron chi connectivity index (χ1n) is 14.1. The summed E-state index contributed by atoms with van der Waals surface area (Å²) in [5.74, 6) is 1.02. The summed E-state index contributed by atoms with van der Waals surface area (Å²) < 4.78 is 12.3. The van der Waals surface area contributed by atoms with E-state index < -0.39 is 0 Å². The van der Waals surface area contributed by atoms with Gasteiger partial charge in [0.1, 0.15) is 5.75 Å². The second kappa shape index (κ2) is 12.0. The summed E-state index contributed by atoms with van der Waals surface area (Å²) in [7, 11) is 0. The minimum Gasteiger partial charge on any atom is -0.485 e. The molecule has 0 aromatic heterocycles. The molecule has 4 aromatic rings. The Bertz CT molecular complexity index is 1390. The molecule has 0 radical (unpaired) electrons. The number of benzene rings is 4. The summed E-state index contributed by atoms with van der Waals surface area (Å²) in [6.45, 7) is 4.64. The van der Waals surface area contributed by atoms with Crippen molar-refractivity contribution >= 4 is 22.2 Å². The molecule has 4 aromatic carbocycles. The molecule has 6 rings (SSSR count). The predicted molar refractivity (Wildman–Crippen MR) is 157 cm³/mol. The zero-order valence-electron chi connectivity index (χ0n) is 22.4. The van der Waals surface area contributed by atoms with Gasteiger partial charge < -0.3 is 19.7 Å². The van der Waals surface area contributed by atoms with Crippen LogP contribution in [0.1, 0.15) is 46.7 Å². The van der Waals surface area contributed by atoms with Crippen molar-refractivity contribution < 1.29 is 14.3 Å². The van der Waals surface area contributed by atoms with Crippen molar-refractivity contribution in [1.29, 1.82) is 0 Å². The van der Waals surface area contributed by atoms with Gasteiger partial charge in [-0.2, -0.15) is 0 Å². The molecule has 2 saturated heterocycles. The number of fused-ring (bicyclic) bond motifs is 1. The third kappa shape index (κ3) is 6.16. The van der Waals surface area contributed by atoms with E-state index in [0.717, 1.165) is 32.6 Å². The quantitative estimate of drug-likeness (QED) is 0.260. The minimum atomic E-state index is -0.00689. The largest absolute Gasteiger partial charge is 0.485 e. The van der Waals surface area contributed by atoms with Gasteiger partial charge >= 0.3 is 0 Å². The number of Topliss-reactive ketones (excluding diaryl/α,β-unsaturated/α-hetero) is 1. The van der Waals surface area contributed by atoms with Crippen LogP contribution in [0.15, 0.2) is 91.0 Å². The average molecular weight is 521 g/mol. The van der Waals surface area contributed by atoms with Crippen LogP contribution >= 0.6 is 0 Å². The zero-order valence-corrected chi connectivity index (χ0v) is 22.4. The lowest BCUT2D eigenvalue weighted by atomic mass is 9.87. The Morgan fingerprint density at radius 2 is 1.64 bits per heavy atom. The molecule has 2 aliphatic rings. The van der Waals surface area contributed by atoms with Crippen molar-refractivity contribution in [2.24, 2.45) is 0 Å². The van der Waals surface area contributed by atoms with Crippen molar-refractivity contribution in [1.82, 2.24) is 5.32 Å². The van der Waals surface area contributed by atoms with E-state index in [1.165, 1.54) is 40.4 Å². The fourth-order valence-corrected chi connectivity index (χ4v) is 5.80. The maximum atomic E-state index is 12.7. The number of carbonyl (C=O) groups is 1. The lowest BCUT2D eigenvalue weighted by Gasteiger charge is -2.32. The van der Waals surface area contributed by atoms with Gasteiger partial charge in [-0.15, -0.1) is 0 Å². The molecule has 2 heterocycles. The average Bonchev–Trinajstić information content (AvgIpc) is 3.55. The van der Waals surface area contributed by atoms with Crippen LogP contribution in [0.4, 0.5) is 5.69 Å². The fraction of sp³-hybridized carbons (Fsp3) is 0.324. The molecule has 0 bridgehead atoms. The summed E-state index contributed by atoms with van der Waals surface area (Å²) in [6.07, 6.45) is 3.60. The molecule has 0 spiro atoms. The number of rotatable bonds is 9. The number of nitrogens with zero attached hydrogens (tertiary/aromatic N) is 1. The second-order valence-electron chi connectivity index (χ2n) is 10.7. The molecule has 0 saturated carbocycles. The van der Waals surface area contributed by atoms with E-state index in [1.807, 2.05) is 36.4 Å². The fourth-order valence-electron chi connectivity index (χ4n) is 5.80. The first-order valence-corrected chi connectivity index (χ1v) is 14.1. The number of nitrogens with one attached hydrogen (secondary N) is 1. The van der Waals surface area contributed by atoms with Crippen molar-refractivity contribution in [3.63, 3.8) is 0 Å². The van der Waals surface area contributed by atoms with Gasteiger partial charge in [-0.25, -0.2) is 0 Å². The van der Waals surface area contributed by atoms with Crippen LogP contribution in [0.5, 0.6) is 5.75 Å². The van der Waals surface area contributed by atoms with E-state index in [9.17, 15) is 4.79 Å². The molecule has 2 aliphatic heterocycles. The number of hydrogen-bond acceptors (Lipinski definition) is 5. The first-order chi connectivity index (χ1) is 19.2. The molecule has 2 atom stereocenters. The third-order valence-corrected chi connectivity index (χ3v) is 8.04. The number of anilines is 1. The Balaban J connectivity index is 1.04. The second-order valence-corrected chi connectivity index (χ2v) is 10.7. The first kappa shape index (κ1) is 25.6. The van der Waals surface area contributed by atoms with Gasteiger partial charge in [-0.1, -0.05) is 48.5 Å². The third-order valence-electron chi connectivity index (χ3n) is 8.04. The number of piperidine rings is 1. The van der Waals surface area contributed by atoms with Crippen molar-refractivity contribution in [2.75, 3.05) is 37.7 Å². The maximum absolute atomic E-state index is 12.7. The van der Waals surface area contributed by atoms with E-state index >= 15 is 0 Å². The van der Waals surface area contributed by atoms with Gasteiger partial charge in [0.2, 0.25) is 0 Å². The van der Waals surface area contributed by atoms with E-state index in [2.05, 4.69) is 64.8 Å². The molecule has 39 heavy (non-hydrogen) atoms. The summed E-state index contributed by atoms with van der Waals surface area (Å²) in [4.78, 5) is 15.1. The monoisotopic (exact) mass is 520 g/mol. The van der Waals surface area contributed by atoms with Crippen molar-refractivity contribution in [3.8, 4) is 5.75 Å². The van der Waals surface area contributed by atoms with E-state index in [4.69, 9.17) is 9.47 Å². The van der Waals surface area contributed by atoms with E-state index in [0.29, 0.717) is 23.8 Å². The number of hydrogen-bond donors (Lipinski definition) is 1. The van der Waals surface area contributed by atoms with E-state index in [1.54, 1.807) is 0 Å². The van der Waals surface area contributed by atoms with Crippen molar-refractivity contribution in [3.05, 3.63) is 108 Å². The van der Waals surface area contributed by atoms with Gasteiger partial charge in [-0.3, -0.25) is 4.79 Å². The molecule has 5 heteroatoms. The zero-order chi connectivity index (χ0) is 26.4. The molecule has 5 nitrogen and oxygen atoms in total. The summed E-state index contributed by atoms with van der Waals surface area (Å²) in [6, 6.07) is 31.1. The van der Waals surface area contributed by atoms with E-state index in [-0.39, 0.29) is 18.5 Å². The molecular weight excluding hydrogens is 484 g/mol. The van der Waals surface area contributed by atoms with Crippen LogP contribution in [-0.4, -0.2) is 44.7 Å². The highest BCUT2D eigenvalue weighted by Crippen LogP contribution is 2.30. The van der Waals surface area contributed by atoms with Crippen LogP contribution in [-0.2, 0) is 11.3 Å². The SMILES string of the molecule is O=C(COc1ccc([C@H]2CCNC[C@@H]2OCc2ccc3ccccc3c2)cc1)c1ccc(N2CCCC2)cc1. The number of ketones is 1. The lowest BCUT2D eigenvalue weighted by molar-refractivity contribution is 0.0106. The molecule has 2 fully saturated rings. The highest BCUT2D eigenvalue weighted by molar-refractivity contribution is 5.97. The Labute approximate surface area is 230 Å². The van der Waals surface area contributed by atoms with Gasteiger partial charge in [0.05, 0.1) is 12.7 Å². The molecule has 1 N–H and O–H groups in total. The summed E-state index contributed by atoms with van der Waals surface area (Å²) in [5.41, 5.74) is 4.32. The van der Waals surface area contributed by atoms with Crippen LogP contribution in [0.2, 0.25) is 0 Å². The predicted octanol–water partition coefficient (Wildman–Crippen LogP) is 6.36. The number of ether oxygens (including phenoxy) is 2. The Morgan fingerprint density at radius 1 is 0.872 bits per heavy atom. The number of carbonyl (C=O) groups excluding carboxylic acids is 1. The van der Waals surface area contributed by atoms with Crippen molar-refractivity contribution in [2.45, 2.75) is 37.9 Å². The van der Waals surface area contributed by atoms with Crippen LogP contribution in [0.25, 0.3) is 10.8 Å². The van der Waals surface area contributed by atoms with Crippen LogP contribution in [0.3, 0.4) is 0 Å². The smallest absolute Gasteiger partial charge is 0.200 e. The summed E-state index contributed by atoms with van der Waals surface area (Å²) in [5, 5.41) is 5.98. The van der Waals surface area contributed by atoms with Gasteiger partial charge in [0, 0.05) is 36.8 Å². The van der Waals surface area contributed by atoms with Crippen LogP contribution in [0, 0.1) is 0 Å². The highest BCUT2D eigenvalue weighted by Gasteiger charge is 2.27. The molecule has 0 unspecified atom stereocenters. The normalized spacial score (nSPS) is 19.3. The Hall–Kier alpha value is -3.67. The summed E-state index contributed by atoms with van der Waals surface area (Å²) >= 11 is 0. The molecule has 0 amide bonds. The maximum Gasteiger partial charge on any atom is 0.200 e.